The number of hydrogen-bond donors (Lipinski definition) is 0. The van der Waals surface area contributed by atoms with Crippen LogP contribution < -0.4 is 0 Å². The summed E-state index contributed by atoms with van der Waals surface area (Å²) in [6.07, 6.45) is 1.61. The molecule has 0 radical (unpaired) electrons. The second-order valence-electron chi connectivity index (χ2n) is 2.64. The number of hydrogen-bond acceptors (Lipinski definition) is 2. The van der Waals surface area contributed by atoms with E-state index in [1.54, 1.807) is 6.20 Å². The molecule has 0 aliphatic rings. The molecular weight excluding hydrogens is 155 g/mol. The van der Waals surface area contributed by atoms with E-state index in [0.29, 0.717) is 5.65 Å². The summed E-state index contributed by atoms with van der Waals surface area (Å²) in [6.45, 7) is 1.84. The molecule has 0 unspecified atom stereocenters. The molecule has 0 aliphatic heterocycles. The lowest BCUT2D eigenvalue weighted by atomic mass is 10.2. The zero-order chi connectivity index (χ0) is 8.55. The van der Waals surface area contributed by atoms with Crippen molar-refractivity contribution in [3.63, 3.8) is 0 Å². The molecule has 0 fully saturated rings. The van der Waals surface area contributed by atoms with Crippen molar-refractivity contribution in [2.75, 3.05) is 0 Å². The van der Waals surface area contributed by atoms with E-state index in [1.165, 1.54) is 6.07 Å². The van der Waals surface area contributed by atoms with Crippen LogP contribution in [0.2, 0.25) is 0 Å². The van der Waals surface area contributed by atoms with Crippen LogP contribution in [0.25, 0.3) is 11.0 Å². The number of aryl methyl sites for hydroxylation is 1. The maximum atomic E-state index is 12.7. The van der Waals surface area contributed by atoms with E-state index in [1.807, 2.05) is 19.1 Å². The topological polar surface area (TPSA) is 25.8 Å². The molecule has 2 aromatic heterocycles. The molecule has 0 aromatic carbocycles. The Kier molecular flexibility index (Phi) is 1.50. The second kappa shape index (κ2) is 2.52. The van der Waals surface area contributed by atoms with E-state index in [0.717, 1.165) is 10.9 Å². The Bertz CT molecular complexity index is 426. The van der Waals surface area contributed by atoms with Gasteiger partial charge in [0.1, 0.15) is 0 Å². The average Bonchev–Trinajstić information content (AvgIpc) is 2.04. The quantitative estimate of drug-likeness (QED) is 0.554. The first-order chi connectivity index (χ1) is 5.77. The molecule has 0 amide bonds. The summed E-state index contributed by atoms with van der Waals surface area (Å²) >= 11 is 0. The van der Waals surface area contributed by atoms with Crippen molar-refractivity contribution in [1.82, 2.24) is 9.97 Å². The molecule has 12 heavy (non-hydrogen) atoms. The van der Waals surface area contributed by atoms with Crippen LogP contribution in [0.1, 0.15) is 5.56 Å². The fourth-order valence-corrected chi connectivity index (χ4v) is 1.18. The predicted octanol–water partition coefficient (Wildman–Crippen LogP) is 2.08. The Morgan fingerprint density at radius 3 is 3.08 bits per heavy atom. The minimum atomic E-state index is -0.473. The molecular formula is C9H7FN2. The standard InChI is InChI=1S/C9H7FN2/c1-6-5-8(10)12-9-7(6)3-2-4-11-9/h2-5H,1H3. The van der Waals surface area contributed by atoms with Crippen molar-refractivity contribution in [2.24, 2.45) is 0 Å². The van der Waals surface area contributed by atoms with E-state index in [9.17, 15) is 4.39 Å². The molecule has 60 valence electrons. The van der Waals surface area contributed by atoms with Crippen LogP contribution in [0.5, 0.6) is 0 Å². The highest BCUT2D eigenvalue weighted by atomic mass is 19.1. The molecule has 0 spiro atoms. The van der Waals surface area contributed by atoms with Gasteiger partial charge in [0.2, 0.25) is 5.95 Å². The maximum absolute atomic E-state index is 12.7. The third-order valence-electron chi connectivity index (χ3n) is 1.76. The normalized spacial score (nSPS) is 10.5. The minimum absolute atomic E-state index is 0.468. The summed E-state index contributed by atoms with van der Waals surface area (Å²) in [4.78, 5) is 7.61. The van der Waals surface area contributed by atoms with Gasteiger partial charge in [0.15, 0.2) is 5.65 Å². The zero-order valence-electron chi connectivity index (χ0n) is 6.58. The summed E-state index contributed by atoms with van der Waals surface area (Å²) in [5.74, 6) is -0.473. The number of rotatable bonds is 0. The van der Waals surface area contributed by atoms with Gasteiger partial charge in [-0.1, -0.05) is 0 Å². The van der Waals surface area contributed by atoms with Crippen molar-refractivity contribution in [2.45, 2.75) is 6.92 Å². The van der Waals surface area contributed by atoms with Crippen LogP contribution >= 0.6 is 0 Å². The van der Waals surface area contributed by atoms with Crippen molar-refractivity contribution < 1.29 is 4.39 Å². The van der Waals surface area contributed by atoms with Gasteiger partial charge in [0.25, 0.3) is 0 Å². The maximum Gasteiger partial charge on any atom is 0.215 e. The highest BCUT2D eigenvalue weighted by Gasteiger charge is 2.00. The SMILES string of the molecule is Cc1cc(F)nc2ncccc12. The van der Waals surface area contributed by atoms with Crippen molar-refractivity contribution in [3.8, 4) is 0 Å². The fourth-order valence-electron chi connectivity index (χ4n) is 1.18. The zero-order valence-corrected chi connectivity index (χ0v) is 6.58. The van der Waals surface area contributed by atoms with E-state index in [2.05, 4.69) is 9.97 Å². The van der Waals surface area contributed by atoms with Gasteiger partial charge in [-0.3, -0.25) is 0 Å². The van der Waals surface area contributed by atoms with Gasteiger partial charge in [-0.2, -0.15) is 9.37 Å². The first kappa shape index (κ1) is 7.16. The molecule has 0 N–H and O–H groups in total. The average molecular weight is 162 g/mol. The van der Waals surface area contributed by atoms with Crippen LogP contribution in [0.4, 0.5) is 4.39 Å². The van der Waals surface area contributed by atoms with E-state index < -0.39 is 5.95 Å². The fraction of sp³-hybridized carbons (Fsp3) is 0.111. The van der Waals surface area contributed by atoms with Crippen LogP contribution in [0.15, 0.2) is 24.4 Å². The van der Waals surface area contributed by atoms with E-state index in [4.69, 9.17) is 0 Å². The Labute approximate surface area is 69.1 Å². The smallest absolute Gasteiger partial charge is 0.215 e. The van der Waals surface area contributed by atoms with Gasteiger partial charge in [0.05, 0.1) is 0 Å². The van der Waals surface area contributed by atoms with Crippen LogP contribution in [0.3, 0.4) is 0 Å². The Balaban J connectivity index is 2.89. The third kappa shape index (κ3) is 1.03. The first-order valence-electron chi connectivity index (χ1n) is 3.65. The lowest BCUT2D eigenvalue weighted by molar-refractivity contribution is 0.587. The molecule has 2 nitrogen and oxygen atoms in total. The lowest BCUT2D eigenvalue weighted by Gasteiger charge is -1.98. The molecule has 2 heterocycles. The second-order valence-corrected chi connectivity index (χ2v) is 2.64. The first-order valence-corrected chi connectivity index (χ1v) is 3.65. The molecule has 0 saturated carbocycles. The number of aromatic nitrogens is 2. The van der Waals surface area contributed by atoms with Crippen LogP contribution in [0, 0.1) is 12.9 Å². The van der Waals surface area contributed by atoms with Gasteiger partial charge in [0, 0.05) is 11.6 Å². The summed E-state index contributed by atoms with van der Waals surface area (Å²) in [7, 11) is 0. The largest absolute Gasteiger partial charge is 0.237 e. The highest BCUT2D eigenvalue weighted by molar-refractivity contribution is 5.77. The number of fused-ring (bicyclic) bond motifs is 1. The molecule has 0 saturated heterocycles. The highest BCUT2D eigenvalue weighted by Crippen LogP contribution is 2.13. The van der Waals surface area contributed by atoms with Gasteiger partial charge in [-0.05, 0) is 30.7 Å². The molecule has 0 aliphatic carbocycles. The summed E-state index contributed by atoms with van der Waals surface area (Å²) < 4.78 is 12.7. The minimum Gasteiger partial charge on any atom is -0.237 e. The van der Waals surface area contributed by atoms with Crippen molar-refractivity contribution in [1.29, 1.82) is 0 Å². The molecule has 2 aromatic rings. The Morgan fingerprint density at radius 1 is 1.42 bits per heavy atom. The van der Waals surface area contributed by atoms with Crippen molar-refractivity contribution >= 4 is 11.0 Å². The monoisotopic (exact) mass is 162 g/mol. The van der Waals surface area contributed by atoms with Crippen molar-refractivity contribution in [3.05, 3.63) is 35.9 Å². The third-order valence-corrected chi connectivity index (χ3v) is 1.76. The van der Waals surface area contributed by atoms with Gasteiger partial charge >= 0.3 is 0 Å². The molecule has 0 bridgehead atoms. The molecule has 3 heteroatoms. The molecule has 0 atom stereocenters. The van der Waals surface area contributed by atoms with E-state index >= 15 is 0 Å². The van der Waals surface area contributed by atoms with Gasteiger partial charge in [-0.25, -0.2) is 4.98 Å². The van der Waals surface area contributed by atoms with Gasteiger partial charge in [-0.15, -0.1) is 0 Å². The van der Waals surface area contributed by atoms with Crippen LogP contribution in [-0.2, 0) is 0 Å². The molecule has 2 rings (SSSR count). The summed E-state index contributed by atoms with van der Waals surface area (Å²) in [6, 6.07) is 5.10. The van der Waals surface area contributed by atoms with Crippen LogP contribution in [-0.4, -0.2) is 9.97 Å². The Hall–Kier alpha value is -1.51. The number of halogens is 1. The lowest BCUT2D eigenvalue weighted by Crippen LogP contribution is -1.89. The van der Waals surface area contributed by atoms with Gasteiger partial charge < -0.3 is 0 Å². The Morgan fingerprint density at radius 2 is 2.25 bits per heavy atom. The predicted molar refractivity (Wildman–Crippen MR) is 44.2 cm³/mol. The summed E-state index contributed by atoms with van der Waals surface area (Å²) in [5.41, 5.74) is 1.33. The number of nitrogens with zero attached hydrogens (tertiary/aromatic N) is 2. The summed E-state index contributed by atoms with van der Waals surface area (Å²) in [5, 5.41) is 0.902. The van der Waals surface area contributed by atoms with E-state index in [-0.39, 0.29) is 0 Å². The number of pyridine rings is 2.